The third-order valence-electron chi connectivity index (χ3n) is 5.93. The number of hydrogen-bond donors (Lipinski definition) is 0. The van der Waals surface area contributed by atoms with Gasteiger partial charge < -0.3 is 23.7 Å². The quantitative estimate of drug-likeness (QED) is 0.219. The van der Waals surface area contributed by atoms with E-state index in [9.17, 15) is 9.59 Å². The van der Waals surface area contributed by atoms with Gasteiger partial charge in [0.15, 0.2) is 5.69 Å². The second kappa shape index (κ2) is 13.5. The summed E-state index contributed by atoms with van der Waals surface area (Å²) in [6.07, 6.45) is 0.852. The van der Waals surface area contributed by atoms with Crippen LogP contribution in [0.4, 0.5) is 0 Å². The summed E-state index contributed by atoms with van der Waals surface area (Å²) in [5.74, 6) is 0.661. The fourth-order valence-corrected chi connectivity index (χ4v) is 3.96. The Balaban J connectivity index is 0.00000380. The van der Waals surface area contributed by atoms with E-state index in [1.807, 2.05) is 36.4 Å². The van der Waals surface area contributed by atoms with Gasteiger partial charge in [-0.1, -0.05) is 36.4 Å². The molecule has 0 fully saturated rings. The van der Waals surface area contributed by atoms with E-state index in [4.69, 9.17) is 18.7 Å². The number of benzene rings is 3. The average molecular weight is 513 g/mol. The standard InChI is InChI=1S/C28H30N2O6.Na/c1-19-16-24(34-15-5-14-33-3)12-13-25(19)26-7-4-6-22(20(26)2)18-35-23-10-8-21(9-11-23)17-30-27(31)29-28(32)36-30;/h4,6-13,16H,5,14-15,17-18H2,1-3H3,(H,29,31,32);/q;+1/p-1. The number of methoxy groups -OCH3 is 1. The van der Waals surface area contributed by atoms with Crippen molar-refractivity contribution in [1.29, 1.82) is 0 Å². The van der Waals surface area contributed by atoms with Crippen LogP contribution >= 0.6 is 0 Å². The molecule has 0 unspecified atom stereocenters. The van der Waals surface area contributed by atoms with Gasteiger partial charge in [-0.2, -0.15) is 0 Å². The maximum atomic E-state index is 11.6. The summed E-state index contributed by atoms with van der Waals surface area (Å²) in [4.78, 5) is 25.8. The molecule has 0 atom stereocenters. The van der Waals surface area contributed by atoms with E-state index in [0.717, 1.165) is 50.3 Å². The molecule has 0 aliphatic carbocycles. The first kappa shape index (κ1) is 28.5. The monoisotopic (exact) mass is 512 g/mol. The molecule has 37 heavy (non-hydrogen) atoms. The van der Waals surface area contributed by atoms with Crippen LogP contribution in [0.3, 0.4) is 0 Å². The predicted octanol–water partition coefficient (Wildman–Crippen LogP) is 1.09. The van der Waals surface area contributed by atoms with Gasteiger partial charge in [0.1, 0.15) is 18.1 Å². The Hall–Kier alpha value is -3.04. The zero-order chi connectivity index (χ0) is 25.5. The van der Waals surface area contributed by atoms with Crippen LogP contribution in [0.2, 0.25) is 0 Å². The SMILES string of the molecule is COCCCOc1ccc(-c2cccc(COc3ccc(Cn4oc(=O)[n-]c4=O)cc3)c2C)c(C)c1.[Na+]. The van der Waals surface area contributed by atoms with E-state index in [-0.39, 0.29) is 36.1 Å². The van der Waals surface area contributed by atoms with Gasteiger partial charge in [-0.25, -0.2) is 4.79 Å². The van der Waals surface area contributed by atoms with Crippen LogP contribution in [0, 0.1) is 13.8 Å². The number of aryl methyl sites for hydroxylation is 1. The van der Waals surface area contributed by atoms with E-state index in [2.05, 4.69) is 43.1 Å². The van der Waals surface area contributed by atoms with Crippen molar-refractivity contribution in [3.8, 4) is 22.6 Å². The van der Waals surface area contributed by atoms with Gasteiger partial charge in [0.2, 0.25) is 0 Å². The first-order chi connectivity index (χ1) is 17.4. The van der Waals surface area contributed by atoms with Crippen LogP contribution in [0.15, 0.2) is 74.8 Å². The summed E-state index contributed by atoms with van der Waals surface area (Å²) in [5.41, 5.74) is 5.80. The number of rotatable bonds is 11. The Morgan fingerprint density at radius 3 is 2.32 bits per heavy atom. The second-order valence-electron chi connectivity index (χ2n) is 8.48. The molecule has 188 valence electrons. The van der Waals surface area contributed by atoms with Crippen LogP contribution in [-0.2, 0) is 17.9 Å². The molecule has 9 heteroatoms. The van der Waals surface area contributed by atoms with E-state index in [0.29, 0.717) is 25.6 Å². The van der Waals surface area contributed by atoms with Gasteiger partial charge in [-0.15, -0.1) is 0 Å². The zero-order valence-corrected chi connectivity index (χ0v) is 23.7. The van der Waals surface area contributed by atoms with Crippen molar-refractivity contribution in [2.45, 2.75) is 33.4 Å². The molecular formula is C28H29N2NaO6. The summed E-state index contributed by atoms with van der Waals surface area (Å²) in [5, 5.41) is 0. The summed E-state index contributed by atoms with van der Waals surface area (Å²) in [6, 6.07) is 19.7. The van der Waals surface area contributed by atoms with Gasteiger partial charge in [0, 0.05) is 26.7 Å². The fourth-order valence-electron chi connectivity index (χ4n) is 3.96. The fraction of sp³-hybridized carbons (Fsp3) is 0.286. The van der Waals surface area contributed by atoms with Crippen molar-refractivity contribution < 1.29 is 48.3 Å². The van der Waals surface area contributed by atoms with Crippen molar-refractivity contribution in [2.24, 2.45) is 0 Å². The molecule has 4 aromatic rings. The average Bonchev–Trinajstić information content (AvgIpc) is 3.18. The molecule has 0 saturated carbocycles. The van der Waals surface area contributed by atoms with Gasteiger partial charge >= 0.3 is 35.3 Å². The summed E-state index contributed by atoms with van der Waals surface area (Å²) in [6.45, 7) is 6.05. The van der Waals surface area contributed by atoms with Crippen molar-refractivity contribution in [1.82, 2.24) is 9.72 Å². The molecular weight excluding hydrogens is 483 g/mol. The van der Waals surface area contributed by atoms with Gasteiger partial charge in [0.05, 0.1) is 6.61 Å². The van der Waals surface area contributed by atoms with E-state index >= 15 is 0 Å². The molecule has 0 bridgehead atoms. The molecule has 1 heterocycles. The molecule has 0 aliphatic rings. The Morgan fingerprint density at radius 1 is 0.892 bits per heavy atom. The summed E-state index contributed by atoms with van der Waals surface area (Å²) < 4.78 is 22.6. The molecule has 0 saturated heterocycles. The smallest absolute Gasteiger partial charge is 0.493 e. The molecule has 0 spiro atoms. The van der Waals surface area contributed by atoms with Crippen LogP contribution in [0.25, 0.3) is 11.1 Å². The van der Waals surface area contributed by atoms with Crippen LogP contribution < -0.4 is 55.5 Å². The maximum absolute atomic E-state index is 11.6. The minimum Gasteiger partial charge on any atom is -0.493 e. The van der Waals surface area contributed by atoms with Crippen molar-refractivity contribution >= 4 is 0 Å². The minimum atomic E-state index is -0.894. The Morgan fingerprint density at radius 2 is 1.65 bits per heavy atom. The summed E-state index contributed by atoms with van der Waals surface area (Å²) >= 11 is 0. The van der Waals surface area contributed by atoms with E-state index in [1.54, 1.807) is 7.11 Å². The maximum Gasteiger partial charge on any atom is 1.00 e. The first-order valence-electron chi connectivity index (χ1n) is 11.7. The normalized spacial score (nSPS) is 10.7. The van der Waals surface area contributed by atoms with Gasteiger partial charge in [0.25, 0.3) is 0 Å². The molecule has 3 aromatic carbocycles. The molecule has 4 rings (SSSR count). The Labute approximate surface area is 237 Å². The Kier molecular flexibility index (Phi) is 10.4. The van der Waals surface area contributed by atoms with E-state index < -0.39 is 11.4 Å². The summed E-state index contributed by atoms with van der Waals surface area (Å²) in [7, 11) is 1.69. The predicted molar refractivity (Wildman–Crippen MR) is 136 cm³/mol. The zero-order valence-electron chi connectivity index (χ0n) is 21.7. The molecule has 1 aromatic heterocycles. The molecule has 0 amide bonds. The van der Waals surface area contributed by atoms with Gasteiger partial charge in [-0.05, 0) is 71.5 Å². The molecule has 8 nitrogen and oxygen atoms in total. The first-order valence-corrected chi connectivity index (χ1v) is 11.7. The number of hydrogen-bond acceptors (Lipinski definition) is 6. The molecule has 0 N–H and O–H groups in total. The van der Waals surface area contributed by atoms with Crippen LogP contribution in [0.5, 0.6) is 11.5 Å². The molecule has 0 aliphatic heterocycles. The van der Waals surface area contributed by atoms with Gasteiger partial charge in [-0.3, -0.25) is 9.53 Å². The second-order valence-corrected chi connectivity index (χ2v) is 8.48. The van der Waals surface area contributed by atoms with Crippen LogP contribution in [0.1, 0.15) is 28.7 Å². The van der Waals surface area contributed by atoms with Crippen molar-refractivity contribution in [3.63, 3.8) is 0 Å². The number of aromatic nitrogens is 2. The number of nitrogens with zero attached hydrogens (tertiary/aromatic N) is 2. The van der Waals surface area contributed by atoms with Crippen LogP contribution in [-0.4, -0.2) is 25.1 Å². The third kappa shape index (κ3) is 7.49. The Bertz CT molecular complexity index is 1420. The largest absolute Gasteiger partial charge is 1.00 e. The number of ether oxygens (including phenoxy) is 3. The third-order valence-corrected chi connectivity index (χ3v) is 5.93. The van der Waals surface area contributed by atoms with E-state index in [1.165, 1.54) is 0 Å². The van der Waals surface area contributed by atoms with Crippen molar-refractivity contribution in [2.75, 3.05) is 20.3 Å². The topological polar surface area (TPSA) is 94.0 Å². The molecule has 0 radical (unpaired) electrons. The minimum absolute atomic E-state index is 0. The van der Waals surface area contributed by atoms with Crippen molar-refractivity contribution in [3.05, 3.63) is 104 Å².